The van der Waals surface area contributed by atoms with Crippen molar-refractivity contribution in [2.75, 3.05) is 33.9 Å². The third-order valence-electron chi connectivity index (χ3n) is 4.71. The van der Waals surface area contributed by atoms with Crippen molar-refractivity contribution in [2.45, 2.75) is 19.9 Å². The average Bonchev–Trinajstić information content (AvgIpc) is 3.22. The van der Waals surface area contributed by atoms with Gasteiger partial charge in [-0.1, -0.05) is 6.92 Å². The molecule has 0 aliphatic carbocycles. The van der Waals surface area contributed by atoms with Crippen LogP contribution < -0.4 is 15.2 Å². The molecule has 0 bridgehead atoms. The molecule has 1 aromatic carbocycles. The molecule has 1 aliphatic rings. The molecule has 1 atom stereocenters. The van der Waals surface area contributed by atoms with Crippen LogP contribution in [0.15, 0.2) is 23.6 Å². The highest BCUT2D eigenvalue weighted by Gasteiger charge is 2.32. The van der Waals surface area contributed by atoms with Gasteiger partial charge < -0.3 is 15.2 Å². The van der Waals surface area contributed by atoms with E-state index in [-0.39, 0.29) is 5.41 Å². The molecule has 1 aromatic heterocycles. The summed E-state index contributed by atoms with van der Waals surface area (Å²) < 4.78 is 10.7. The largest absolute Gasteiger partial charge is 0.497 e. The first kappa shape index (κ1) is 17.2. The van der Waals surface area contributed by atoms with E-state index in [2.05, 4.69) is 17.2 Å². The highest BCUT2D eigenvalue weighted by Crippen LogP contribution is 2.36. The van der Waals surface area contributed by atoms with Gasteiger partial charge in [-0.15, -0.1) is 11.3 Å². The zero-order chi connectivity index (χ0) is 17.2. The van der Waals surface area contributed by atoms with Crippen molar-refractivity contribution in [3.63, 3.8) is 0 Å². The van der Waals surface area contributed by atoms with Crippen LogP contribution in [0.4, 0.5) is 0 Å². The van der Waals surface area contributed by atoms with Crippen molar-refractivity contribution in [1.29, 1.82) is 0 Å². The molecule has 1 unspecified atom stereocenters. The summed E-state index contributed by atoms with van der Waals surface area (Å²) in [5.41, 5.74) is 8.25. The van der Waals surface area contributed by atoms with Gasteiger partial charge in [0.15, 0.2) is 0 Å². The molecule has 24 heavy (non-hydrogen) atoms. The predicted molar refractivity (Wildman–Crippen MR) is 97.7 cm³/mol. The summed E-state index contributed by atoms with van der Waals surface area (Å²) in [5.74, 6) is 1.57. The fourth-order valence-corrected chi connectivity index (χ4v) is 3.98. The highest BCUT2D eigenvalue weighted by atomic mass is 32.1. The molecule has 3 rings (SSSR count). The van der Waals surface area contributed by atoms with Crippen molar-refractivity contribution in [3.8, 4) is 22.1 Å². The lowest BCUT2D eigenvalue weighted by molar-refractivity contribution is 0.272. The monoisotopic (exact) mass is 347 g/mol. The van der Waals surface area contributed by atoms with Crippen LogP contribution >= 0.6 is 11.3 Å². The SMILES string of the molecule is COc1ccc(-c2nc(CN3CCC(C)(CN)C3)cs2)c(OC)c1. The first-order chi connectivity index (χ1) is 11.6. The summed E-state index contributed by atoms with van der Waals surface area (Å²) >= 11 is 1.65. The van der Waals surface area contributed by atoms with Gasteiger partial charge >= 0.3 is 0 Å². The summed E-state index contributed by atoms with van der Waals surface area (Å²) in [6.45, 7) is 6.02. The Morgan fingerprint density at radius 3 is 2.83 bits per heavy atom. The number of rotatable bonds is 6. The zero-order valence-electron chi connectivity index (χ0n) is 14.5. The van der Waals surface area contributed by atoms with E-state index < -0.39 is 0 Å². The second kappa shape index (κ2) is 7.09. The molecule has 0 amide bonds. The van der Waals surface area contributed by atoms with Gasteiger partial charge in [-0.25, -0.2) is 4.98 Å². The smallest absolute Gasteiger partial charge is 0.132 e. The van der Waals surface area contributed by atoms with Crippen molar-refractivity contribution < 1.29 is 9.47 Å². The molecule has 130 valence electrons. The summed E-state index contributed by atoms with van der Waals surface area (Å²) in [5, 5.41) is 3.11. The summed E-state index contributed by atoms with van der Waals surface area (Å²) in [7, 11) is 3.33. The Morgan fingerprint density at radius 2 is 2.17 bits per heavy atom. The Labute approximate surface area is 147 Å². The van der Waals surface area contributed by atoms with E-state index >= 15 is 0 Å². The van der Waals surface area contributed by atoms with E-state index in [1.165, 1.54) is 0 Å². The van der Waals surface area contributed by atoms with E-state index in [1.54, 1.807) is 25.6 Å². The molecular formula is C18H25N3O2S. The number of ether oxygens (including phenoxy) is 2. The van der Waals surface area contributed by atoms with Crippen LogP contribution in [-0.4, -0.2) is 43.7 Å². The maximum Gasteiger partial charge on any atom is 0.132 e. The van der Waals surface area contributed by atoms with E-state index in [4.69, 9.17) is 20.2 Å². The Hall–Kier alpha value is -1.63. The van der Waals surface area contributed by atoms with Gasteiger partial charge in [0, 0.05) is 24.5 Å². The summed E-state index contributed by atoms with van der Waals surface area (Å²) in [4.78, 5) is 7.25. The lowest BCUT2D eigenvalue weighted by Crippen LogP contribution is -2.31. The van der Waals surface area contributed by atoms with E-state index in [1.807, 2.05) is 18.2 Å². The molecule has 2 N–H and O–H groups in total. The molecular weight excluding hydrogens is 322 g/mol. The number of methoxy groups -OCH3 is 2. The molecule has 1 fully saturated rings. The number of hydrogen-bond donors (Lipinski definition) is 1. The van der Waals surface area contributed by atoms with Crippen LogP contribution in [0.3, 0.4) is 0 Å². The van der Waals surface area contributed by atoms with Crippen molar-refractivity contribution in [2.24, 2.45) is 11.1 Å². The maximum atomic E-state index is 5.90. The van der Waals surface area contributed by atoms with E-state index in [0.29, 0.717) is 0 Å². The van der Waals surface area contributed by atoms with Crippen LogP contribution in [-0.2, 0) is 6.54 Å². The molecule has 6 heteroatoms. The number of likely N-dealkylation sites (tertiary alicyclic amines) is 1. The molecule has 0 spiro atoms. The van der Waals surface area contributed by atoms with Gasteiger partial charge in [-0.2, -0.15) is 0 Å². The van der Waals surface area contributed by atoms with Gasteiger partial charge in [0.2, 0.25) is 0 Å². The summed E-state index contributed by atoms with van der Waals surface area (Å²) in [6.07, 6.45) is 1.16. The van der Waals surface area contributed by atoms with Crippen molar-refractivity contribution in [1.82, 2.24) is 9.88 Å². The first-order valence-electron chi connectivity index (χ1n) is 8.16. The molecule has 0 radical (unpaired) electrons. The number of hydrogen-bond acceptors (Lipinski definition) is 6. The third kappa shape index (κ3) is 3.55. The van der Waals surface area contributed by atoms with Gasteiger partial charge in [-0.3, -0.25) is 4.90 Å². The van der Waals surface area contributed by atoms with Gasteiger partial charge in [0.1, 0.15) is 16.5 Å². The van der Waals surface area contributed by atoms with Gasteiger partial charge in [0.25, 0.3) is 0 Å². The molecule has 1 aliphatic heterocycles. The van der Waals surface area contributed by atoms with Crippen LogP contribution in [0.25, 0.3) is 10.6 Å². The average molecular weight is 347 g/mol. The minimum atomic E-state index is 0.248. The number of nitrogens with zero attached hydrogens (tertiary/aromatic N) is 2. The number of thiazole rings is 1. The normalized spacial score (nSPS) is 21.2. The number of aromatic nitrogens is 1. The predicted octanol–water partition coefficient (Wildman–Crippen LogP) is 3.00. The molecule has 1 saturated heterocycles. The van der Waals surface area contributed by atoms with E-state index in [0.717, 1.165) is 60.4 Å². The fraction of sp³-hybridized carbons (Fsp3) is 0.500. The van der Waals surface area contributed by atoms with Crippen LogP contribution in [0.1, 0.15) is 19.0 Å². The van der Waals surface area contributed by atoms with Crippen molar-refractivity contribution in [3.05, 3.63) is 29.3 Å². The first-order valence-corrected chi connectivity index (χ1v) is 9.04. The fourth-order valence-electron chi connectivity index (χ4n) is 3.14. The Morgan fingerprint density at radius 1 is 1.33 bits per heavy atom. The lowest BCUT2D eigenvalue weighted by atomic mass is 9.90. The number of nitrogens with two attached hydrogens (primary N) is 1. The Kier molecular flexibility index (Phi) is 5.08. The Balaban J connectivity index is 1.74. The topological polar surface area (TPSA) is 60.6 Å². The molecule has 2 heterocycles. The minimum Gasteiger partial charge on any atom is -0.497 e. The quantitative estimate of drug-likeness (QED) is 0.870. The second-order valence-corrected chi connectivity index (χ2v) is 7.54. The molecule has 0 saturated carbocycles. The minimum absolute atomic E-state index is 0.248. The summed E-state index contributed by atoms with van der Waals surface area (Å²) in [6, 6.07) is 5.83. The lowest BCUT2D eigenvalue weighted by Gasteiger charge is -2.22. The highest BCUT2D eigenvalue weighted by molar-refractivity contribution is 7.13. The maximum absolute atomic E-state index is 5.90. The van der Waals surface area contributed by atoms with Gasteiger partial charge in [-0.05, 0) is 37.1 Å². The van der Waals surface area contributed by atoms with Crippen LogP contribution in [0, 0.1) is 5.41 Å². The zero-order valence-corrected chi connectivity index (χ0v) is 15.4. The Bertz CT molecular complexity index is 703. The third-order valence-corrected chi connectivity index (χ3v) is 5.63. The molecule has 5 nitrogen and oxygen atoms in total. The van der Waals surface area contributed by atoms with Gasteiger partial charge in [0.05, 0.1) is 25.5 Å². The van der Waals surface area contributed by atoms with Crippen LogP contribution in [0.5, 0.6) is 11.5 Å². The standard InChI is InChI=1S/C18H25N3O2S/c1-18(11-19)6-7-21(12-18)9-13-10-24-17(20-13)15-5-4-14(22-2)8-16(15)23-3/h4-5,8,10H,6-7,9,11-12,19H2,1-3H3. The molecule has 2 aromatic rings. The second-order valence-electron chi connectivity index (χ2n) is 6.69. The number of benzene rings is 1. The van der Waals surface area contributed by atoms with Crippen LogP contribution in [0.2, 0.25) is 0 Å². The van der Waals surface area contributed by atoms with E-state index in [9.17, 15) is 0 Å². The van der Waals surface area contributed by atoms with Crippen molar-refractivity contribution >= 4 is 11.3 Å².